The van der Waals surface area contributed by atoms with Crippen molar-refractivity contribution in [1.29, 1.82) is 0 Å². The number of carbonyl (C=O) groups excluding carboxylic acids is 2. The Morgan fingerprint density at radius 1 is 1.18 bits per heavy atom. The third kappa shape index (κ3) is 5.41. The Balaban J connectivity index is 1.62. The second-order valence-electron chi connectivity index (χ2n) is 9.79. The number of rotatable bonds is 7. The van der Waals surface area contributed by atoms with Gasteiger partial charge in [0.2, 0.25) is 5.67 Å². The van der Waals surface area contributed by atoms with Gasteiger partial charge in [-0.3, -0.25) is 4.79 Å². The van der Waals surface area contributed by atoms with E-state index in [0.717, 1.165) is 11.1 Å². The van der Waals surface area contributed by atoms with Crippen LogP contribution in [-0.2, 0) is 28.9 Å². The van der Waals surface area contributed by atoms with Gasteiger partial charge >= 0.3 is 5.97 Å². The van der Waals surface area contributed by atoms with Crippen LogP contribution < -0.4 is 0 Å². The average Bonchev–Trinajstić information content (AvgIpc) is 3.22. The van der Waals surface area contributed by atoms with Gasteiger partial charge in [0.05, 0.1) is 17.2 Å². The Morgan fingerprint density at radius 3 is 2.46 bits per heavy atom. The Kier molecular flexibility index (Phi) is 8.11. The fourth-order valence-corrected chi connectivity index (χ4v) is 5.53. The number of amides is 1. The maximum absolute atomic E-state index is 15.0. The number of esters is 1. The number of aromatic nitrogens is 1. The first-order valence-corrected chi connectivity index (χ1v) is 13.3. The number of benzene rings is 2. The minimum Gasteiger partial charge on any atom is -0.464 e. The molecule has 0 atom stereocenters. The molecule has 3 aromatic rings. The lowest BCUT2D eigenvalue weighted by atomic mass is 9.93. The number of halogens is 5. The summed E-state index contributed by atoms with van der Waals surface area (Å²) in [5, 5.41) is 1.32. The zero-order valence-electron chi connectivity index (χ0n) is 21.9. The molecule has 5 nitrogen and oxygen atoms in total. The first-order valence-electron chi connectivity index (χ1n) is 12.6. The van der Waals surface area contributed by atoms with E-state index in [1.54, 1.807) is 31.5 Å². The summed E-state index contributed by atoms with van der Waals surface area (Å²) in [5.41, 5.74) is 0.503. The molecule has 0 spiro atoms. The lowest BCUT2D eigenvalue weighted by molar-refractivity contribution is -0.160. The van der Waals surface area contributed by atoms with Crippen LogP contribution in [-0.4, -0.2) is 46.7 Å². The highest BCUT2D eigenvalue weighted by molar-refractivity contribution is 6.38. The normalized spacial score (nSPS) is 15.4. The summed E-state index contributed by atoms with van der Waals surface area (Å²) in [6, 6.07) is 7.87. The highest BCUT2D eigenvalue weighted by Gasteiger charge is 2.44. The molecule has 1 aromatic heterocycles. The minimum absolute atomic E-state index is 0.0303. The number of likely N-dealkylation sites (tertiary alicyclic amines) is 1. The van der Waals surface area contributed by atoms with Crippen molar-refractivity contribution in [3.05, 3.63) is 81.0 Å². The molecule has 0 aliphatic carbocycles. The number of hydrogen-bond acceptors (Lipinski definition) is 3. The summed E-state index contributed by atoms with van der Waals surface area (Å²) < 4.78 is 50.3. The first-order chi connectivity index (χ1) is 18.3. The van der Waals surface area contributed by atoms with Crippen molar-refractivity contribution in [2.75, 3.05) is 19.7 Å². The predicted octanol–water partition coefficient (Wildman–Crippen LogP) is 7.17. The Morgan fingerprint density at radius 2 is 1.85 bits per heavy atom. The van der Waals surface area contributed by atoms with E-state index in [2.05, 4.69) is 6.58 Å². The van der Waals surface area contributed by atoms with Crippen molar-refractivity contribution in [2.45, 2.75) is 44.7 Å². The van der Waals surface area contributed by atoms with E-state index in [1.165, 1.54) is 23.1 Å². The Hall–Kier alpha value is -2.97. The van der Waals surface area contributed by atoms with Gasteiger partial charge in [0.25, 0.3) is 11.8 Å². The van der Waals surface area contributed by atoms with Crippen LogP contribution in [0.3, 0.4) is 0 Å². The second kappa shape index (κ2) is 10.9. The molecule has 0 saturated carbocycles. The molecule has 1 amide bonds. The Bertz CT molecular complexity index is 1460. The molecule has 1 aliphatic heterocycles. The molecule has 4 rings (SSSR count). The first kappa shape index (κ1) is 29.0. The predicted molar refractivity (Wildman–Crippen MR) is 147 cm³/mol. The molecule has 0 radical (unpaired) electrons. The van der Waals surface area contributed by atoms with Gasteiger partial charge in [-0.1, -0.05) is 29.8 Å². The lowest BCUT2D eigenvalue weighted by Crippen LogP contribution is -2.49. The summed E-state index contributed by atoms with van der Waals surface area (Å²) in [6.45, 7) is 6.76. The summed E-state index contributed by atoms with van der Waals surface area (Å²) in [5.74, 6) is -4.47. The molecule has 0 N–H and O–H groups in total. The van der Waals surface area contributed by atoms with Gasteiger partial charge in [-0.15, -0.1) is 0 Å². The van der Waals surface area contributed by atoms with Crippen LogP contribution in [0.25, 0.3) is 10.9 Å². The zero-order valence-corrected chi connectivity index (χ0v) is 23.4. The molecule has 208 valence electrons. The van der Waals surface area contributed by atoms with Crippen LogP contribution in [0.1, 0.15) is 52.5 Å². The molecule has 2 heterocycles. The Labute approximate surface area is 235 Å². The average molecular weight is 581 g/mol. The van der Waals surface area contributed by atoms with E-state index in [1.807, 2.05) is 6.07 Å². The third-order valence-corrected chi connectivity index (χ3v) is 8.15. The molecule has 2 aromatic carbocycles. The maximum Gasteiger partial charge on any atom is 0.344 e. The SMILES string of the molecule is C=CC(F)(F)c1cc(C)c2cc(Cc3c(Cl)ccc(C(=O)N4CCC(F)(C(=O)OCC)CC4)c3Cl)n(C)c2c1. The number of fused-ring (bicyclic) bond motifs is 1. The van der Waals surface area contributed by atoms with Crippen LogP contribution in [0.4, 0.5) is 13.2 Å². The van der Waals surface area contributed by atoms with Gasteiger partial charge in [-0.2, -0.15) is 8.78 Å². The van der Waals surface area contributed by atoms with Crippen molar-refractivity contribution in [3.63, 3.8) is 0 Å². The third-order valence-electron chi connectivity index (χ3n) is 7.37. The minimum atomic E-state index is -3.17. The number of piperidine rings is 1. The molecule has 1 aliphatic rings. The van der Waals surface area contributed by atoms with Crippen molar-refractivity contribution < 1.29 is 27.5 Å². The van der Waals surface area contributed by atoms with Gasteiger partial charge in [-0.25, -0.2) is 9.18 Å². The fourth-order valence-electron chi connectivity index (χ4n) is 4.95. The molecule has 1 saturated heterocycles. The van der Waals surface area contributed by atoms with Crippen molar-refractivity contribution in [3.8, 4) is 0 Å². The van der Waals surface area contributed by atoms with E-state index < -0.39 is 23.5 Å². The molecular weight excluding hydrogens is 552 g/mol. The number of ether oxygens (including phenoxy) is 1. The van der Waals surface area contributed by atoms with Gasteiger partial charge in [-0.05, 0) is 61.4 Å². The van der Waals surface area contributed by atoms with Gasteiger partial charge in [0.1, 0.15) is 0 Å². The summed E-state index contributed by atoms with van der Waals surface area (Å²) in [6.07, 6.45) is 0.523. The summed E-state index contributed by atoms with van der Waals surface area (Å²) >= 11 is 13.2. The van der Waals surface area contributed by atoms with Crippen molar-refractivity contribution in [2.24, 2.45) is 7.05 Å². The van der Waals surface area contributed by atoms with Gasteiger partial charge in [0, 0.05) is 66.6 Å². The molecule has 10 heteroatoms. The van der Waals surface area contributed by atoms with E-state index in [0.29, 0.717) is 27.7 Å². The number of nitrogens with zero attached hydrogens (tertiary/aromatic N) is 2. The molecule has 39 heavy (non-hydrogen) atoms. The van der Waals surface area contributed by atoms with Gasteiger partial charge in [0.15, 0.2) is 0 Å². The molecule has 1 fully saturated rings. The smallest absolute Gasteiger partial charge is 0.344 e. The van der Waals surface area contributed by atoms with Crippen LogP contribution >= 0.6 is 23.2 Å². The number of aryl methyl sites for hydroxylation is 2. The topological polar surface area (TPSA) is 51.5 Å². The van der Waals surface area contributed by atoms with E-state index >= 15 is 0 Å². The lowest BCUT2D eigenvalue weighted by Gasteiger charge is -2.35. The summed E-state index contributed by atoms with van der Waals surface area (Å²) in [7, 11) is 1.77. The highest BCUT2D eigenvalue weighted by Crippen LogP contribution is 2.37. The number of hydrogen-bond donors (Lipinski definition) is 0. The maximum atomic E-state index is 15.0. The second-order valence-corrected chi connectivity index (χ2v) is 10.6. The fraction of sp³-hybridized carbons (Fsp3) is 0.379. The quantitative estimate of drug-likeness (QED) is 0.220. The summed E-state index contributed by atoms with van der Waals surface area (Å²) in [4.78, 5) is 26.8. The van der Waals surface area contributed by atoms with E-state index in [4.69, 9.17) is 27.9 Å². The number of carbonyl (C=O) groups is 2. The standard InChI is InChI=1S/C29H29Cl2F3N2O3/c1-5-29(33,34)18-13-17(3)21-15-19(35(4)24(21)14-18)16-22-23(30)8-7-20(25(22)31)26(37)36-11-9-28(32,10-12-36)27(38)39-6-2/h5,7-8,13-15H,1,6,9-12,16H2,2-4H3. The van der Waals surface area contributed by atoms with Crippen LogP contribution in [0, 0.1) is 6.92 Å². The van der Waals surface area contributed by atoms with Gasteiger partial charge < -0.3 is 14.2 Å². The molecule has 0 bridgehead atoms. The van der Waals surface area contributed by atoms with E-state index in [-0.39, 0.29) is 55.1 Å². The largest absolute Gasteiger partial charge is 0.464 e. The highest BCUT2D eigenvalue weighted by atomic mass is 35.5. The number of allylic oxidation sites excluding steroid dienone is 1. The monoisotopic (exact) mass is 580 g/mol. The van der Waals surface area contributed by atoms with Crippen LogP contribution in [0.15, 0.2) is 43.0 Å². The van der Waals surface area contributed by atoms with Crippen LogP contribution in [0.5, 0.6) is 0 Å². The zero-order chi connectivity index (χ0) is 28.7. The molecular formula is C29H29Cl2F3N2O3. The number of alkyl halides is 3. The van der Waals surface area contributed by atoms with Crippen molar-refractivity contribution in [1.82, 2.24) is 9.47 Å². The van der Waals surface area contributed by atoms with Crippen LogP contribution in [0.2, 0.25) is 10.0 Å². The van der Waals surface area contributed by atoms with Crippen molar-refractivity contribution >= 4 is 46.0 Å². The molecule has 0 unspecified atom stereocenters. The van der Waals surface area contributed by atoms with E-state index in [9.17, 15) is 22.8 Å².